The number of rotatable bonds is 2. The Morgan fingerprint density at radius 1 is 1.33 bits per heavy atom. The van der Waals surface area contributed by atoms with Crippen LogP contribution in [0, 0.1) is 10.1 Å². The van der Waals surface area contributed by atoms with Crippen LogP contribution in [-0.4, -0.2) is 31.1 Å². The fraction of sp³-hybridized carbons (Fsp3) is 0.500. The van der Waals surface area contributed by atoms with Crippen LogP contribution in [0.1, 0.15) is 13.8 Å². The molecule has 0 atom stereocenters. The lowest BCUT2D eigenvalue weighted by Gasteiger charge is -2.30. The molecular weight excluding hydrogens is 232 g/mol. The van der Waals surface area contributed by atoms with Gasteiger partial charge in [0.05, 0.1) is 16.3 Å². The van der Waals surface area contributed by atoms with E-state index in [4.69, 9.17) is 5.73 Å². The first-order valence-electron chi connectivity index (χ1n) is 6.18. The molecular formula is C12H20N4O2. The average molecular weight is 252 g/mol. The number of nitro groups is 1. The predicted octanol–water partition coefficient (Wildman–Crippen LogP) is 1.61. The molecule has 1 fully saturated rings. The average Bonchev–Trinajstić information content (AvgIpc) is 2.42. The van der Waals surface area contributed by atoms with Gasteiger partial charge in [-0.05, 0) is 6.07 Å². The third kappa shape index (κ3) is 3.33. The normalized spacial score (nSPS) is 14.7. The number of nitrogens with two attached hydrogens (primary N) is 1. The Morgan fingerprint density at radius 3 is 2.44 bits per heavy atom. The lowest BCUT2D eigenvalue weighted by molar-refractivity contribution is -0.384. The molecule has 100 valence electrons. The molecule has 1 saturated heterocycles. The number of benzene rings is 1. The molecule has 1 aliphatic heterocycles. The molecule has 18 heavy (non-hydrogen) atoms. The number of hydrogen-bond donors (Lipinski definition) is 2. The van der Waals surface area contributed by atoms with Gasteiger partial charge in [-0.15, -0.1) is 0 Å². The summed E-state index contributed by atoms with van der Waals surface area (Å²) in [5.74, 6) is 0. The van der Waals surface area contributed by atoms with Crippen molar-refractivity contribution in [3.8, 4) is 0 Å². The maximum atomic E-state index is 10.6. The van der Waals surface area contributed by atoms with Crippen LogP contribution < -0.4 is 16.0 Å². The highest BCUT2D eigenvalue weighted by molar-refractivity contribution is 5.70. The molecule has 3 N–H and O–H groups in total. The zero-order valence-corrected chi connectivity index (χ0v) is 10.8. The van der Waals surface area contributed by atoms with Gasteiger partial charge in [0.15, 0.2) is 0 Å². The third-order valence-electron chi connectivity index (χ3n) is 2.68. The second-order valence-corrected chi connectivity index (χ2v) is 3.74. The third-order valence-corrected chi connectivity index (χ3v) is 2.68. The van der Waals surface area contributed by atoms with E-state index in [0.717, 1.165) is 31.9 Å². The van der Waals surface area contributed by atoms with Gasteiger partial charge in [-0.1, -0.05) is 13.8 Å². The molecule has 1 aromatic rings. The molecule has 1 aliphatic rings. The summed E-state index contributed by atoms with van der Waals surface area (Å²) in [5, 5.41) is 13.8. The fourth-order valence-electron chi connectivity index (χ4n) is 1.85. The molecule has 0 aliphatic carbocycles. The van der Waals surface area contributed by atoms with Crippen molar-refractivity contribution in [1.29, 1.82) is 0 Å². The summed E-state index contributed by atoms with van der Waals surface area (Å²) >= 11 is 0. The van der Waals surface area contributed by atoms with E-state index in [0.29, 0.717) is 5.69 Å². The van der Waals surface area contributed by atoms with Gasteiger partial charge in [0, 0.05) is 38.3 Å². The van der Waals surface area contributed by atoms with Crippen molar-refractivity contribution >= 4 is 17.1 Å². The summed E-state index contributed by atoms with van der Waals surface area (Å²) in [7, 11) is 0. The predicted molar refractivity (Wildman–Crippen MR) is 73.9 cm³/mol. The van der Waals surface area contributed by atoms with E-state index in [1.54, 1.807) is 6.07 Å². The molecule has 0 aromatic heterocycles. The van der Waals surface area contributed by atoms with Gasteiger partial charge >= 0.3 is 0 Å². The Morgan fingerprint density at radius 2 is 1.94 bits per heavy atom. The Balaban J connectivity index is 0.000000771. The summed E-state index contributed by atoms with van der Waals surface area (Å²) in [5.41, 5.74) is 7.21. The van der Waals surface area contributed by atoms with Gasteiger partial charge in [0.1, 0.15) is 0 Å². The number of nitrogens with one attached hydrogen (secondary N) is 1. The van der Waals surface area contributed by atoms with Gasteiger partial charge in [-0.25, -0.2) is 0 Å². The number of anilines is 2. The number of non-ortho nitro benzene ring substituents is 1. The highest BCUT2D eigenvalue weighted by Crippen LogP contribution is 2.27. The van der Waals surface area contributed by atoms with E-state index in [1.165, 1.54) is 12.1 Å². The molecule has 1 heterocycles. The highest BCUT2D eigenvalue weighted by Gasteiger charge is 2.15. The molecule has 1 aromatic carbocycles. The van der Waals surface area contributed by atoms with Crippen molar-refractivity contribution in [1.82, 2.24) is 5.32 Å². The topological polar surface area (TPSA) is 84.4 Å². The van der Waals surface area contributed by atoms with Crippen LogP contribution in [0.4, 0.5) is 17.1 Å². The van der Waals surface area contributed by atoms with Crippen LogP contribution in [-0.2, 0) is 0 Å². The van der Waals surface area contributed by atoms with Crippen molar-refractivity contribution in [3.05, 3.63) is 28.3 Å². The monoisotopic (exact) mass is 252 g/mol. The molecule has 0 spiro atoms. The first-order valence-corrected chi connectivity index (χ1v) is 6.18. The van der Waals surface area contributed by atoms with Gasteiger partial charge in [0.25, 0.3) is 5.69 Å². The summed E-state index contributed by atoms with van der Waals surface area (Å²) in [6, 6.07) is 4.63. The van der Waals surface area contributed by atoms with E-state index >= 15 is 0 Å². The Kier molecular flexibility index (Phi) is 5.38. The smallest absolute Gasteiger partial charge is 0.271 e. The van der Waals surface area contributed by atoms with Crippen molar-refractivity contribution in [2.24, 2.45) is 0 Å². The van der Waals surface area contributed by atoms with Gasteiger partial charge in [-0.2, -0.15) is 0 Å². The van der Waals surface area contributed by atoms with Crippen LogP contribution in [0.5, 0.6) is 0 Å². The maximum absolute atomic E-state index is 10.6. The van der Waals surface area contributed by atoms with E-state index in [9.17, 15) is 10.1 Å². The first-order chi connectivity index (χ1) is 8.68. The number of hydrogen-bond acceptors (Lipinski definition) is 5. The van der Waals surface area contributed by atoms with E-state index in [2.05, 4.69) is 10.2 Å². The first kappa shape index (κ1) is 14.2. The number of nitro benzene ring substituents is 1. The lowest BCUT2D eigenvalue weighted by atomic mass is 10.2. The molecule has 2 rings (SSSR count). The molecule has 0 saturated carbocycles. The van der Waals surface area contributed by atoms with Crippen molar-refractivity contribution < 1.29 is 4.92 Å². The van der Waals surface area contributed by atoms with Crippen LogP contribution in [0.25, 0.3) is 0 Å². The van der Waals surface area contributed by atoms with E-state index in [-0.39, 0.29) is 5.69 Å². The quantitative estimate of drug-likeness (QED) is 0.474. The molecule has 0 unspecified atom stereocenters. The van der Waals surface area contributed by atoms with Crippen LogP contribution in [0.3, 0.4) is 0 Å². The van der Waals surface area contributed by atoms with Crippen LogP contribution in [0.2, 0.25) is 0 Å². The van der Waals surface area contributed by atoms with Crippen LogP contribution in [0.15, 0.2) is 18.2 Å². The Hall–Kier alpha value is -1.82. The minimum absolute atomic E-state index is 0.0383. The Bertz CT molecular complexity index is 403. The second kappa shape index (κ2) is 6.80. The molecule has 6 nitrogen and oxygen atoms in total. The summed E-state index contributed by atoms with van der Waals surface area (Å²) in [4.78, 5) is 12.3. The summed E-state index contributed by atoms with van der Waals surface area (Å²) < 4.78 is 0. The summed E-state index contributed by atoms with van der Waals surface area (Å²) in [6.07, 6.45) is 0. The summed E-state index contributed by atoms with van der Waals surface area (Å²) in [6.45, 7) is 7.58. The van der Waals surface area contributed by atoms with Crippen LogP contribution >= 0.6 is 0 Å². The highest BCUT2D eigenvalue weighted by atomic mass is 16.6. The number of nitrogens with zero attached hydrogens (tertiary/aromatic N) is 2. The molecule has 6 heteroatoms. The van der Waals surface area contributed by atoms with Gasteiger partial charge < -0.3 is 16.0 Å². The van der Waals surface area contributed by atoms with Crippen molar-refractivity contribution in [2.45, 2.75) is 13.8 Å². The minimum Gasteiger partial charge on any atom is -0.397 e. The second-order valence-electron chi connectivity index (χ2n) is 3.74. The fourth-order valence-corrected chi connectivity index (χ4v) is 1.85. The number of piperazine rings is 1. The number of nitrogen functional groups attached to an aromatic ring is 1. The van der Waals surface area contributed by atoms with Crippen molar-refractivity contribution in [3.63, 3.8) is 0 Å². The minimum atomic E-state index is -0.433. The lowest BCUT2D eigenvalue weighted by Crippen LogP contribution is -2.43. The molecule has 0 bridgehead atoms. The Labute approximate surface area is 107 Å². The largest absolute Gasteiger partial charge is 0.397 e. The maximum Gasteiger partial charge on any atom is 0.271 e. The van der Waals surface area contributed by atoms with E-state index < -0.39 is 4.92 Å². The zero-order valence-electron chi connectivity index (χ0n) is 10.8. The SMILES string of the molecule is CC.Nc1cc([N+](=O)[O-])ccc1N1CCNCC1. The zero-order chi connectivity index (χ0) is 13.5. The molecule has 0 radical (unpaired) electrons. The van der Waals surface area contributed by atoms with Gasteiger partial charge in [0.2, 0.25) is 0 Å². The van der Waals surface area contributed by atoms with E-state index in [1.807, 2.05) is 13.8 Å². The van der Waals surface area contributed by atoms with Crippen molar-refractivity contribution in [2.75, 3.05) is 36.8 Å². The molecule has 0 amide bonds. The van der Waals surface area contributed by atoms with Gasteiger partial charge in [-0.3, -0.25) is 10.1 Å². The standard InChI is InChI=1S/C10H14N4O2.C2H6/c11-9-7-8(14(15)16)1-2-10(9)13-5-3-12-4-6-13;1-2/h1-2,7,12H,3-6,11H2;1-2H3.